The molecule has 0 aromatic heterocycles. The molecule has 0 saturated carbocycles. The van der Waals surface area contributed by atoms with Crippen molar-refractivity contribution in [2.45, 2.75) is 13.3 Å². The molecular weight excluding hydrogens is 225 g/mol. The van der Waals surface area contributed by atoms with E-state index >= 15 is 0 Å². The van der Waals surface area contributed by atoms with Crippen molar-refractivity contribution in [1.29, 1.82) is 0 Å². The molecule has 0 atom stereocenters. The Bertz CT molecular complexity index is 319. The number of carbonyl (C=O) groups excluding carboxylic acids is 4. The third kappa shape index (κ3) is 9.10. The van der Waals surface area contributed by atoms with Crippen LogP contribution < -0.4 is 16.0 Å². The van der Waals surface area contributed by atoms with E-state index in [2.05, 4.69) is 16.0 Å². The first kappa shape index (κ1) is 15.1. The summed E-state index contributed by atoms with van der Waals surface area (Å²) in [4.78, 5) is 43.3. The van der Waals surface area contributed by atoms with Crippen LogP contribution in [0.5, 0.6) is 0 Å². The summed E-state index contributed by atoms with van der Waals surface area (Å²) in [6, 6.07) is 0. The van der Waals surface area contributed by atoms with Crippen molar-refractivity contribution in [2.75, 3.05) is 19.6 Å². The zero-order chi connectivity index (χ0) is 13.3. The van der Waals surface area contributed by atoms with Gasteiger partial charge in [-0.05, 0) is 0 Å². The summed E-state index contributed by atoms with van der Waals surface area (Å²) in [6.45, 7) is 0.926. The van der Waals surface area contributed by atoms with Crippen molar-refractivity contribution in [2.24, 2.45) is 0 Å². The molecule has 0 bridgehead atoms. The minimum atomic E-state index is -0.667. The van der Waals surface area contributed by atoms with Gasteiger partial charge >= 0.3 is 0 Å². The van der Waals surface area contributed by atoms with Gasteiger partial charge in [-0.25, -0.2) is 0 Å². The van der Waals surface area contributed by atoms with Crippen molar-refractivity contribution < 1.29 is 19.2 Å². The van der Waals surface area contributed by atoms with Gasteiger partial charge in [-0.2, -0.15) is 0 Å². The predicted octanol–water partition coefficient (Wildman–Crippen LogP) is -2.56. The maximum Gasteiger partial charge on any atom is 0.239 e. The SMILES string of the molecule is [B]C(=O)CNC(=O)CNC(=O)CNC(=O)CC. The van der Waals surface area contributed by atoms with E-state index in [1.165, 1.54) is 0 Å². The first-order valence-electron chi connectivity index (χ1n) is 5.04. The lowest BCUT2D eigenvalue weighted by Crippen LogP contribution is -2.42. The van der Waals surface area contributed by atoms with E-state index in [0.717, 1.165) is 0 Å². The highest BCUT2D eigenvalue weighted by Crippen LogP contribution is 1.74. The van der Waals surface area contributed by atoms with Crippen LogP contribution >= 0.6 is 0 Å². The van der Waals surface area contributed by atoms with Crippen LogP contribution in [0.1, 0.15) is 13.3 Å². The molecule has 0 spiro atoms. The molecular formula is C9H14BN3O4. The van der Waals surface area contributed by atoms with E-state index in [1.807, 2.05) is 0 Å². The summed E-state index contributed by atoms with van der Waals surface area (Å²) in [5.41, 5.74) is -0.667. The Morgan fingerprint density at radius 2 is 1.24 bits per heavy atom. The number of carbonyl (C=O) groups is 4. The van der Waals surface area contributed by atoms with E-state index in [9.17, 15) is 19.2 Å². The van der Waals surface area contributed by atoms with Crippen LogP contribution in [0.3, 0.4) is 0 Å². The van der Waals surface area contributed by atoms with Gasteiger partial charge in [0.15, 0.2) is 7.85 Å². The fraction of sp³-hybridized carbons (Fsp3) is 0.556. The topological polar surface area (TPSA) is 104 Å². The molecule has 92 valence electrons. The molecule has 0 aliphatic rings. The number of rotatable bonds is 7. The standard InChI is InChI=1S/C9H14BN3O4/c1-2-7(15)12-4-9(17)13-5-8(16)11-3-6(10)14/h2-5H2,1H3,(H,11,16)(H,12,15)(H,13,17). The van der Waals surface area contributed by atoms with Gasteiger partial charge < -0.3 is 20.7 Å². The monoisotopic (exact) mass is 239 g/mol. The van der Waals surface area contributed by atoms with E-state index in [0.29, 0.717) is 0 Å². The van der Waals surface area contributed by atoms with Crippen LogP contribution in [0.15, 0.2) is 0 Å². The lowest BCUT2D eigenvalue weighted by molar-refractivity contribution is -0.127. The van der Waals surface area contributed by atoms with Gasteiger partial charge in [0.2, 0.25) is 17.7 Å². The minimum absolute atomic E-state index is 0.185. The Hall–Kier alpha value is -1.86. The van der Waals surface area contributed by atoms with Crippen LogP contribution in [0.25, 0.3) is 0 Å². The number of hydrogen-bond acceptors (Lipinski definition) is 4. The number of amides is 3. The van der Waals surface area contributed by atoms with Crippen LogP contribution in [-0.4, -0.2) is 50.9 Å². The van der Waals surface area contributed by atoms with E-state index < -0.39 is 17.5 Å². The average molecular weight is 239 g/mol. The quantitative estimate of drug-likeness (QED) is 0.425. The molecule has 3 N–H and O–H groups in total. The van der Waals surface area contributed by atoms with E-state index in [1.54, 1.807) is 6.92 Å². The summed E-state index contributed by atoms with van der Waals surface area (Å²) in [5.74, 6) is -1.27. The Kier molecular flexibility index (Phi) is 7.41. The van der Waals surface area contributed by atoms with Crippen molar-refractivity contribution in [1.82, 2.24) is 16.0 Å². The molecule has 0 aliphatic heterocycles. The molecule has 2 radical (unpaired) electrons. The summed E-state index contributed by atoms with van der Waals surface area (Å²) in [5, 5.41) is 6.82. The lowest BCUT2D eigenvalue weighted by Gasteiger charge is -2.06. The van der Waals surface area contributed by atoms with E-state index in [4.69, 9.17) is 7.85 Å². The highest BCUT2D eigenvalue weighted by Gasteiger charge is 2.06. The average Bonchev–Trinajstić information content (AvgIpc) is 2.30. The molecule has 0 aromatic rings. The fourth-order valence-corrected chi connectivity index (χ4v) is 0.793. The highest BCUT2D eigenvalue weighted by molar-refractivity contribution is 6.58. The predicted molar refractivity (Wildman–Crippen MR) is 60.1 cm³/mol. The van der Waals surface area contributed by atoms with Gasteiger partial charge in [-0.15, -0.1) is 0 Å². The summed E-state index contributed by atoms with van der Waals surface area (Å²) < 4.78 is 0. The number of nitrogens with one attached hydrogen (secondary N) is 3. The molecule has 0 heterocycles. The van der Waals surface area contributed by atoms with Crippen LogP contribution in [0.4, 0.5) is 0 Å². The molecule has 0 aliphatic carbocycles. The molecule has 3 amide bonds. The van der Waals surface area contributed by atoms with Gasteiger partial charge in [0.05, 0.1) is 25.3 Å². The first-order chi connectivity index (χ1) is 7.95. The van der Waals surface area contributed by atoms with Crippen LogP contribution in [-0.2, 0) is 19.2 Å². The largest absolute Gasteiger partial charge is 0.348 e. The zero-order valence-electron chi connectivity index (χ0n) is 9.54. The maximum absolute atomic E-state index is 11.1. The Labute approximate surface area is 100 Å². The third-order valence-electron chi connectivity index (χ3n) is 1.67. The lowest BCUT2D eigenvalue weighted by atomic mass is 10.0. The second-order valence-corrected chi connectivity index (χ2v) is 3.15. The van der Waals surface area contributed by atoms with Crippen molar-refractivity contribution in [3.05, 3.63) is 0 Å². The summed E-state index contributed by atoms with van der Waals surface area (Å²) in [6.07, 6.45) is 0.284. The summed E-state index contributed by atoms with van der Waals surface area (Å²) in [7, 11) is 4.80. The Morgan fingerprint density at radius 1 is 0.824 bits per heavy atom. The molecule has 0 rings (SSSR count). The van der Waals surface area contributed by atoms with Gasteiger partial charge in [-0.3, -0.25) is 14.4 Å². The summed E-state index contributed by atoms with van der Waals surface area (Å²) >= 11 is 0. The first-order valence-corrected chi connectivity index (χ1v) is 5.04. The Balaban J connectivity index is 3.66. The Morgan fingerprint density at radius 3 is 1.65 bits per heavy atom. The normalized spacial score (nSPS) is 9.24. The second kappa shape index (κ2) is 8.31. The second-order valence-electron chi connectivity index (χ2n) is 3.15. The molecule has 17 heavy (non-hydrogen) atoms. The van der Waals surface area contributed by atoms with Gasteiger partial charge in [0.25, 0.3) is 0 Å². The smallest absolute Gasteiger partial charge is 0.239 e. The van der Waals surface area contributed by atoms with Gasteiger partial charge in [-0.1, -0.05) is 6.92 Å². The molecule has 0 saturated heterocycles. The van der Waals surface area contributed by atoms with Crippen molar-refractivity contribution >= 4 is 31.3 Å². The van der Waals surface area contributed by atoms with E-state index in [-0.39, 0.29) is 32.0 Å². The third-order valence-corrected chi connectivity index (χ3v) is 1.67. The fourth-order valence-electron chi connectivity index (χ4n) is 0.793. The van der Waals surface area contributed by atoms with Crippen molar-refractivity contribution in [3.63, 3.8) is 0 Å². The zero-order valence-corrected chi connectivity index (χ0v) is 9.54. The molecule has 7 nitrogen and oxygen atoms in total. The highest BCUT2D eigenvalue weighted by atomic mass is 16.2. The van der Waals surface area contributed by atoms with Gasteiger partial charge in [0.1, 0.15) is 0 Å². The van der Waals surface area contributed by atoms with Crippen molar-refractivity contribution in [3.8, 4) is 0 Å². The molecule has 0 fully saturated rings. The number of hydrogen-bond donors (Lipinski definition) is 3. The maximum atomic E-state index is 11.1. The van der Waals surface area contributed by atoms with Crippen LogP contribution in [0, 0.1) is 0 Å². The van der Waals surface area contributed by atoms with Gasteiger partial charge in [0, 0.05) is 6.42 Å². The van der Waals surface area contributed by atoms with Crippen LogP contribution in [0.2, 0.25) is 0 Å². The molecule has 0 aromatic carbocycles. The molecule has 8 heteroatoms. The minimum Gasteiger partial charge on any atom is -0.348 e. The molecule has 0 unspecified atom stereocenters.